The number of carbonyl (C=O) groups is 1. The molecule has 120 valence electrons. The first-order valence-corrected chi connectivity index (χ1v) is 7.40. The van der Waals surface area contributed by atoms with Gasteiger partial charge in [0.1, 0.15) is 5.82 Å². The first kappa shape index (κ1) is 15.8. The van der Waals surface area contributed by atoms with Gasteiger partial charge in [-0.1, -0.05) is 36.4 Å². The third kappa shape index (κ3) is 3.47. The average molecular weight is 322 g/mol. The van der Waals surface area contributed by atoms with Crippen molar-refractivity contribution in [1.29, 1.82) is 0 Å². The number of hydrogen-bond donors (Lipinski definition) is 2. The number of rotatable bonds is 5. The molecule has 0 spiro atoms. The number of nitrogens with one attached hydrogen (secondary N) is 1. The first-order valence-electron chi connectivity index (χ1n) is 7.40. The Kier molecular flexibility index (Phi) is 4.63. The molecule has 0 saturated carbocycles. The number of halogens is 1. The molecule has 0 bridgehead atoms. The van der Waals surface area contributed by atoms with Crippen LogP contribution in [0.3, 0.4) is 0 Å². The lowest BCUT2D eigenvalue weighted by Gasteiger charge is -2.01. The summed E-state index contributed by atoms with van der Waals surface area (Å²) in [5.74, 6) is -0.575. The van der Waals surface area contributed by atoms with Gasteiger partial charge in [-0.2, -0.15) is 5.10 Å². The number of aromatic nitrogens is 2. The van der Waals surface area contributed by atoms with E-state index in [1.165, 1.54) is 12.1 Å². The van der Waals surface area contributed by atoms with Gasteiger partial charge in [-0.15, -0.1) is 0 Å². The van der Waals surface area contributed by atoms with Crippen molar-refractivity contribution in [1.82, 2.24) is 10.2 Å². The third-order valence-electron chi connectivity index (χ3n) is 3.56. The van der Waals surface area contributed by atoms with E-state index in [4.69, 9.17) is 5.11 Å². The van der Waals surface area contributed by atoms with Gasteiger partial charge in [0.25, 0.3) is 0 Å². The summed E-state index contributed by atoms with van der Waals surface area (Å²) in [4.78, 5) is 12.0. The lowest BCUT2D eigenvalue weighted by atomic mass is 10.1. The molecule has 0 aliphatic rings. The van der Waals surface area contributed by atoms with Crippen LogP contribution in [0.4, 0.5) is 4.39 Å². The fourth-order valence-corrected chi connectivity index (χ4v) is 2.29. The van der Waals surface area contributed by atoms with Gasteiger partial charge in [-0.05, 0) is 35.9 Å². The Morgan fingerprint density at radius 3 is 2.67 bits per heavy atom. The molecule has 2 N–H and O–H groups in total. The summed E-state index contributed by atoms with van der Waals surface area (Å²) in [7, 11) is 0. The highest BCUT2D eigenvalue weighted by Crippen LogP contribution is 2.23. The van der Waals surface area contributed by atoms with E-state index >= 15 is 0 Å². The molecule has 24 heavy (non-hydrogen) atoms. The Hall–Kier alpha value is -3.05. The SMILES string of the molecule is O=C(/C=C/c1cc(-c2ccc(CO)cc2F)n[nH]1)c1ccccc1. The highest BCUT2D eigenvalue weighted by atomic mass is 19.1. The summed E-state index contributed by atoms with van der Waals surface area (Å²) in [6.07, 6.45) is 3.05. The predicted octanol–water partition coefficient (Wildman–Crippen LogP) is 3.60. The second kappa shape index (κ2) is 7.02. The Morgan fingerprint density at radius 2 is 1.96 bits per heavy atom. The Labute approximate surface area is 138 Å². The number of ketones is 1. The van der Waals surface area contributed by atoms with Crippen molar-refractivity contribution in [3.05, 3.63) is 83.3 Å². The van der Waals surface area contributed by atoms with Crippen molar-refractivity contribution in [2.24, 2.45) is 0 Å². The molecule has 1 heterocycles. The van der Waals surface area contributed by atoms with Gasteiger partial charge in [0.2, 0.25) is 0 Å². The van der Waals surface area contributed by atoms with E-state index in [-0.39, 0.29) is 12.4 Å². The molecule has 0 unspecified atom stereocenters. The number of H-pyrrole nitrogens is 1. The molecular weight excluding hydrogens is 307 g/mol. The number of aliphatic hydroxyl groups is 1. The van der Waals surface area contributed by atoms with E-state index < -0.39 is 5.82 Å². The number of benzene rings is 2. The topological polar surface area (TPSA) is 66.0 Å². The minimum atomic E-state index is -0.455. The summed E-state index contributed by atoms with van der Waals surface area (Å²) in [5, 5.41) is 15.8. The van der Waals surface area contributed by atoms with E-state index in [9.17, 15) is 9.18 Å². The molecule has 2 aromatic carbocycles. The lowest BCUT2D eigenvalue weighted by Crippen LogP contribution is -1.92. The summed E-state index contributed by atoms with van der Waals surface area (Å²) in [6.45, 7) is -0.215. The van der Waals surface area contributed by atoms with Gasteiger partial charge < -0.3 is 5.11 Å². The van der Waals surface area contributed by atoms with E-state index in [1.807, 2.05) is 6.07 Å². The maximum Gasteiger partial charge on any atom is 0.185 e. The molecule has 5 heteroatoms. The van der Waals surface area contributed by atoms with E-state index in [0.717, 1.165) is 0 Å². The standard InChI is InChI=1S/C19H15FN2O2/c20-17-10-13(12-23)6-8-16(17)18-11-15(21-22-18)7-9-19(24)14-4-2-1-3-5-14/h1-11,23H,12H2,(H,21,22)/b9-7+. The van der Waals surface area contributed by atoms with Gasteiger partial charge in [0.05, 0.1) is 18.0 Å². The summed E-state index contributed by atoms with van der Waals surface area (Å²) in [6, 6.07) is 15.1. The van der Waals surface area contributed by atoms with Crippen LogP contribution < -0.4 is 0 Å². The van der Waals surface area contributed by atoms with Crippen LogP contribution in [0.25, 0.3) is 17.3 Å². The van der Waals surface area contributed by atoms with Gasteiger partial charge in [0, 0.05) is 11.1 Å². The van der Waals surface area contributed by atoms with E-state index in [1.54, 1.807) is 48.5 Å². The molecular formula is C19H15FN2O2. The quantitative estimate of drug-likeness (QED) is 0.557. The van der Waals surface area contributed by atoms with E-state index in [2.05, 4.69) is 10.2 Å². The summed E-state index contributed by atoms with van der Waals surface area (Å²) in [5.41, 5.74) is 2.46. The smallest absolute Gasteiger partial charge is 0.185 e. The molecule has 4 nitrogen and oxygen atoms in total. The molecule has 0 saturated heterocycles. The molecule has 0 radical (unpaired) electrons. The summed E-state index contributed by atoms with van der Waals surface area (Å²) < 4.78 is 14.0. The van der Waals surface area contributed by atoms with Crippen molar-refractivity contribution in [2.75, 3.05) is 0 Å². The molecule has 0 amide bonds. The van der Waals surface area contributed by atoms with Crippen molar-refractivity contribution in [3.8, 4) is 11.3 Å². The monoisotopic (exact) mass is 322 g/mol. The minimum Gasteiger partial charge on any atom is -0.392 e. The Morgan fingerprint density at radius 1 is 1.17 bits per heavy atom. The average Bonchev–Trinajstić information content (AvgIpc) is 3.09. The minimum absolute atomic E-state index is 0.120. The van der Waals surface area contributed by atoms with Crippen LogP contribution in [-0.4, -0.2) is 21.1 Å². The van der Waals surface area contributed by atoms with E-state index in [0.29, 0.717) is 28.1 Å². The second-order valence-electron chi connectivity index (χ2n) is 5.24. The third-order valence-corrected chi connectivity index (χ3v) is 3.56. The van der Waals surface area contributed by atoms with Crippen LogP contribution in [0, 0.1) is 5.82 Å². The predicted molar refractivity (Wildman–Crippen MR) is 89.7 cm³/mol. The maximum absolute atomic E-state index is 14.0. The van der Waals surface area contributed by atoms with Crippen LogP contribution in [0.15, 0.2) is 60.7 Å². The zero-order valence-corrected chi connectivity index (χ0v) is 12.7. The normalized spacial score (nSPS) is 11.1. The van der Waals surface area contributed by atoms with Gasteiger partial charge in [-0.25, -0.2) is 4.39 Å². The van der Waals surface area contributed by atoms with Crippen LogP contribution >= 0.6 is 0 Å². The zero-order chi connectivity index (χ0) is 16.9. The molecule has 3 aromatic rings. The fourth-order valence-electron chi connectivity index (χ4n) is 2.29. The highest BCUT2D eigenvalue weighted by molar-refractivity contribution is 6.06. The molecule has 0 fully saturated rings. The van der Waals surface area contributed by atoms with Gasteiger partial charge in [-0.3, -0.25) is 9.89 Å². The molecule has 3 rings (SSSR count). The molecule has 0 atom stereocenters. The zero-order valence-electron chi connectivity index (χ0n) is 12.7. The number of aliphatic hydroxyl groups excluding tert-OH is 1. The number of aromatic amines is 1. The fraction of sp³-hybridized carbons (Fsp3) is 0.0526. The van der Waals surface area contributed by atoms with Crippen molar-refractivity contribution in [3.63, 3.8) is 0 Å². The first-order chi connectivity index (χ1) is 11.7. The number of nitrogens with zero attached hydrogens (tertiary/aromatic N) is 1. The van der Waals surface area contributed by atoms with Crippen LogP contribution in [0.2, 0.25) is 0 Å². The summed E-state index contributed by atoms with van der Waals surface area (Å²) >= 11 is 0. The van der Waals surface area contributed by atoms with Crippen LogP contribution in [-0.2, 0) is 6.61 Å². The number of allylic oxidation sites excluding steroid dienone is 1. The van der Waals surface area contributed by atoms with Crippen molar-refractivity contribution < 1.29 is 14.3 Å². The van der Waals surface area contributed by atoms with Crippen LogP contribution in [0.1, 0.15) is 21.6 Å². The lowest BCUT2D eigenvalue weighted by molar-refractivity contribution is 0.104. The Balaban J connectivity index is 1.79. The molecule has 0 aliphatic carbocycles. The Bertz CT molecular complexity index is 885. The number of carbonyl (C=O) groups excluding carboxylic acids is 1. The maximum atomic E-state index is 14.0. The molecule has 1 aromatic heterocycles. The largest absolute Gasteiger partial charge is 0.392 e. The van der Waals surface area contributed by atoms with Crippen molar-refractivity contribution in [2.45, 2.75) is 6.61 Å². The van der Waals surface area contributed by atoms with Gasteiger partial charge in [0.15, 0.2) is 5.78 Å². The van der Waals surface area contributed by atoms with Crippen molar-refractivity contribution >= 4 is 11.9 Å². The number of hydrogen-bond acceptors (Lipinski definition) is 3. The molecule has 0 aliphatic heterocycles. The van der Waals surface area contributed by atoms with Crippen LogP contribution in [0.5, 0.6) is 0 Å². The second-order valence-corrected chi connectivity index (χ2v) is 5.24. The van der Waals surface area contributed by atoms with Gasteiger partial charge >= 0.3 is 0 Å². The highest BCUT2D eigenvalue weighted by Gasteiger charge is 2.09.